The third kappa shape index (κ3) is 5.24. The topological polar surface area (TPSA) is 75.6 Å². The summed E-state index contributed by atoms with van der Waals surface area (Å²) in [6.45, 7) is 11.8. The van der Waals surface area contributed by atoms with E-state index in [1.807, 2.05) is 0 Å². The molecule has 37 heavy (non-hydrogen) atoms. The minimum Gasteiger partial charge on any atom is -0.379 e. The predicted molar refractivity (Wildman–Crippen MR) is 147 cm³/mol. The van der Waals surface area contributed by atoms with Crippen LogP contribution in [0.1, 0.15) is 65.2 Å². The Hall–Kier alpha value is -0.750. The number of morpholine rings is 1. The van der Waals surface area contributed by atoms with Crippen molar-refractivity contribution in [3.05, 3.63) is 0 Å². The standard InChI is InChI=1S/C30H52N6O/c1-30(2,19-31)23-7-4-20(5-8-23)29-28-25-15-21(6-9-26(25)33-18-27(28)34-35(29)3)22-14-24(17-32-16-22)36-10-12-37-13-11-36/h20-29,32-34H,4-18H2,1-3H3. The molecule has 208 valence electrons. The molecular weight excluding hydrogens is 460 g/mol. The van der Waals surface area contributed by atoms with E-state index in [0.29, 0.717) is 30.1 Å². The van der Waals surface area contributed by atoms with Crippen molar-refractivity contribution < 1.29 is 4.74 Å². The largest absolute Gasteiger partial charge is 0.379 e. The molecule has 8 atom stereocenters. The highest BCUT2D eigenvalue weighted by Crippen LogP contribution is 2.50. The molecule has 0 amide bonds. The molecule has 7 nitrogen and oxygen atoms in total. The average molecular weight is 513 g/mol. The van der Waals surface area contributed by atoms with Crippen LogP contribution in [0.25, 0.3) is 0 Å². The lowest BCUT2D eigenvalue weighted by Gasteiger charge is -2.51. The molecular formula is C30H52N6O. The van der Waals surface area contributed by atoms with Crippen molar-refractivity contribution in [1.82, 2.24) is 26.0 Å². The summed E-state index contributed by atoms with van der Waals surface area (Å²) in [4.78, 5) is 2.70. The van der Waals surface area contributed by atoms with E-state index in [1.165, 1.54) is 57.9 Å². The van der Waals surface area contributed by atoms with E-state index in [-0.39, 0.29) is 5.41 Å². The Balaban J connectivity index is 1.13. The second-order valence-corrected chi connectivity index (χ2v) is 14.1. The van der Waals surface area contributed by atoms with Gasteiger partial charge in [-0.2, -0.15) is 5.26 Å². The number of nitrogens with zero attached hydrogens (tertiary/aromatic N) is 3. The van der Waals surface area contributed by atoms with Gasteiger partial charge in [-0.1, -0.05) is 0 Å². The summed E-state index contributed by atoms with van der Waals surface area (Å²) < 4.78 is 5.64. The highest BCUT2D eigenvalue weighted by molar-refractivity contribution is 5.08. The Bertz CT molecular complexity index is 815. The van der Waals surface area contributed by atoms with Gasteiger partial charge >= 0.3 is 0 Å². The highest BCUT2D eigenvalue weighted by atomic mass is 16.5. The fourth-order valence-corrected chi connectivity index (χ4v) is 9.72. The monoisotopic (exact) mass is 512 g/mol. The van der Waals surface area contributed by atoms with Gasteiger partial charge in [0.05, 0.1) is 24.7 Å². The summed E-state index contributed by atoms with van der Waals surface area (Å²) in [6.07, 6.45) is 10.6. The lowest BCUT2D eigenvalue weighted by atomic mass is 9.60. The number of hydrazine groups is 1. The molecule has 3 N–H and O–H groups in total. The molecule has 0 spiro atoms. The predicted octanol–water partition coefficient (Wildman–Crippen LogP) is 2.84. The summed E-state index contributed by atoms with van der Waals surface area (Å²) in [5.41, 5.74) is 3.74. The van der Waals surface area contributed by atoms with Crippen LogP contribution in [0.2, 0.25) is 0 Å². The summed E-state index contributed by atoms with van der Waals surface area (Å²) in [7, 11) is 2.32. The van der Waals surface area contributed by atoms with Crippen LogP contribution in [0.5, 0.6) is 0 Å². The van der Waals surface area contributed by atoms with Gasteiger partial charge in [0.25, 0.3) is 0 Å². The molecule has 0 aromatic rings. The van der Waals surface area contributed by atoms with E-state index in [9.17, 15) is 5.26 Å². The van der Waals surface area contributed by atoms with Crippen molar-refractivity contribution in [3.8, 4) is 6.07 Å². The van der Waals surface area contributed by atoms with Gasteiger partial charge in [0.2, 0.25) is 0 Å². The van der Waals surface area contributed by atoms with Crippen molar-refractivity contribution in [3.63, 3.8) is 0 Å². The van der Waals surface area contributed by atoms with Crippen LogP contribution < -0.4 is 16.1 Å². The summed E-state index contributed by atoms with van der Waals surface area (Å²) in [5, 5.41) is 20.0. The van der Waals surface area contributed by atoms with Gasteiger partial charge in [-0.25, -0.2) is 5.01 Å². The zero-order valence-electron chi connectivity index (χ0n) is 23.6. The number of hydrogen-bond acceptors (Lipinski definition) is 7. The van der Waals surface area contributed by atoms with E-state index < -0.39 is 0 Å². The van der Waals surface area contributed by atoms with Crippen molar-refractivity contribution >= 4 is 0 Å². The van der Waals surface area contributed by atoms with Crippen molar-refractivity contribution in [2.24, 2.45) is 40.9 Å². The number of nitrogens with one attached hydrogen (secondary N) is 3. The van der Waals surface area contributed by atoms with Gasteiger partial charge in [-0.05, 0) is 107 Å². The van der Waals surface area contributed by atoms with E-state index >= 15 is 0 Å². The number of rotatable bonds is 4. The van der Waals surface area contributed by atoms with Crippen LogP contribution in [0.3, 0.4) is 0 Å². The minimum atomic E-state index is -0.184. The number of nitriles is 1. The van der Waals surface area contributed by atoms with Crippen molar-refractivity contribution in [2.45, 2.75) is 89.4 Å². The minimum absolute atomic E-state index is 0.184. The first kappa shape index (κ1) is 26.5. The number of piperidine rings is 2. The Labute approximate surface area is 225 Å². The Morgan fingerprint density at radius 3 is 2.38 bits per heavy atom. The van der Waals surface area contributed by atoms with E-state index in [2.05, 4.69) is 52.9 Å². The normalized spacial score (nSPS) is 46.1. The van der Waals surface area contributed by atoms with Gasteiger partial charge in [0, 0.05) is 57.4 Å². The molecule has 4 heterocycles. The molecule has 0 bridgehead atoms. The van der Waals surface area contributed by atoms with Gasteiger partial charge in [-0.15, -0.1) is 0 Å². The van der Waals surface area contributed by atoms with Crippen LogP contribution in [0.4, 0.5) is 0 Å². The molecule has 2 aliphatic carbocycles. The molecule has 0 aromatic carbocycles. The highest BCUT2D eigenvalue weighted by Gasteiger charge is 2.54. The maximum atomic E-state index is 9.68. The van der Waals surface area contributed by atoms with Gasteiger partial charge < -0.3 is 15.4 Å². The quantitative estimate of drug-likeness (QED) is 0.535. The zero-order valence-corrected chi connectivity index (χ0v) is 23.6. The molecule has 6 fully saturated rings. The average Bonchev–Trinajstić information content (AvgIpc) is 3.29. The second kappa shape index (κ2) is 11.0. The Morgan fingerprint density at radius 1 is 0.865 bits per heavy atom. The fourth-order valence-electron chi connectivity index (χ4n) is 9.72. The molecule has 6 rings (SSSR count). The number of ether oxygens (including phenoxy) is 1. The first-order valence-electron chi connectivity index (χ1n) is 15.6. The third-order valence-electron chi connectivity index (χ3n) is 11.9. The van der Waals surface area contributed by atoms with Gasteiger partial charge in [-0.3, -0.25) is 10.3 Å². The lowest BCUT2D eigenvalue weighted by Crippen LogP contribution is -2.59. The van der Waals surface area contributed by atoms with Crippen LogP contribution in [0, 0.1) is 52.3 Å². The smallest absolute Gasteiger partial charge is 0.0686 e. The molecule has 0 aromatic heterocycles. The van der Waals surface area contributed by atoms with Crippen LogP contribution >= 0.6 is 0 Å². The first-order valence-corrected chi connectivity index (χ1v) is 15.6. The van der Waals surface area contributed by atoms with E-state index in [1.54, 1.807) is 0 Å². The molecule has 2 saturated carbocycles. The number of hydrogen-bond donors (Lipinski definition) is 3. The summed E-state index contributed by atoms with van der Waals surface area (Å²) in [5.74, 6) is 4.55. The number of fused-ring (bicyclic) bond motifs is 3. The third-order valence-corrected chi connectivity index (χ3v) is 11.9. The van der Waals surface area contributed by atoms with E-state index in [0.717, 1.165) is 69.0 Å². The van der Waals surface area contributed by atoms with Crippen LogP contribution in [0.15, 0.2) is 0 Å². The zero-order chi connectivity index (χ0) is 25.6. The molecule has 0 radical (unpaired) electrons. The molecule has 6 aliphatic rings. The Morgan fingerprint density at radius 2 is 1.62 bits per heavy atom. The molecule has 4 aliphatic heterocycles. The van der Waals surface area contributed by atoms with Crippen molar-refractivity contribution in [2.75, 3.05) is 53.0 Å². The first-order chi connectivity index (χ1) is 17.9. The second-order valence-electron chi connectivity index (χ2n) is 14.1. The van der Waals surface area contributed by atoms with Gasteiger partial charge in [0.15, 0.2) is 0 Å². The van der Waals surface area contributed by atoms with Crippen LogP contribution in [-0.4, -0.2) is 87.1 Å². The van der Waals surface area contributed by atoms with Crippen molar-refractivity contribution in [1.29, 1.82) is 5.26 Å². The lowest BCUT2D eigenvalue weighted by molar-refractivity contribution is -0.00590. The SMILES string of the molecule is CN1NC2CNC3CCC(C4CNCC(N5CCOCC5)C4)CC3C2C1C1CCC(C(C)(C)C#N)CC1. The molecule has 7 heteroatoms. The van der Waals surface area contributed by atoms with Crippen LogP contribution in [-0.2, 0) is 4.74 Å². The Kier molecular flexibility index (Phi) is 7.89. The maximum Gasteiger partial charge on any atom is 0.0686 e. The summed E-state index contributed by atoms with van der Waals surface area (Å²) >= 11 is 0. The van der Waals surface area contributed by atoms with E-state index in [4.69, 9.17) is 4.74 Å². The summed E-state index contributed by atoms with van der Waals surface area (Å²) in [6, 6.07) is 5.22. The van der Waals surface area contributed by atoms with Gasteiger partial charge in [0.1, 0.15) is 0 Å². The maximum absolute atomic E-state index is 9.68. The molecule has 8 unspecified atom stereocenters. The molecule has 4 saturated heterocycles. The fraction of sp³-hybridized carbons (Fsp3) is 0.967.